The maximum absolute atomic E-state index is 10.9. The molecular formula is C11H12O4. The smallest absolute Gasteiger partial charge is 0.330 e. The van der Waals surface area contributed by atoms with Crippen molar-refractivity contribution in [2.45, 2.75) is 0 Å². The summed E-state index contributed by atoms with van der Waals surface area (Å²) in [5.41, 5.74) is 0.614. The normalized spacial score (nSPS) is 10.3. The molecule has 1 N–H and O–H groups in total. The van der Waals surface area contributed by atoms with Crippen LogP contribution in [0.1, 0.15) is 5.56 Å². The van der Waals surface area contributed by atoms with Gasteiger partial charge in [0, 0.05) is 11.6 Å². The molecule has 0 amide bonds. The molecule has 0 atom stereocenters. The summed E-state index contributed by atoms with van der Waals surface area (Å²) in [6.07, 6.45) is 2.78. The van der Waals surface area contributed by atoms with Crippen molar-refractivity contribution >= 4 is 12.0 Å². The molecule has 0 saturated carbocycles. The van der Waals surface area contributed by atoms with Crippen LogP contribution in [0.15, 0.2) is 24.3 Å². The van der Waals surface area contributed by atoms with Crippen molar-refractivity contribution in [1.82, 2.24) is 0 Å². The Balaban J connectivity index is 2.96. The minimum Gasteiger partial charge on any atom is -0.508 e. The summed E-state index contributed by atoms with van der Waals surface area (Å²) in [7, 11) is 2.81. The number of benzene rings is 1. The van der Waals surface area contributed by atoms with Gasteiger partial charge < -0.3 is 14.6 Å². The largest absolute Gasteiger partial charge is 0.508 e. The number of carbonyl (C=O) groups excluding carboxylic acids is 1. The highest BCUT2D eigenvalue weighted by Gasteiger charge is 2.01. The van der Waals surface area contributed by atoms with Crippen LogP contribution in [0.4, 0.5) is 0 Å². The highest BCUT2D eigenvalue weighted by atomic mass is 16.5. The van der Waals surface area contributed by atoms with Crippen molar-refractivity contribution in [2.24, 2.45) is 0 Å². The first-order valence-corrected chi connectivity index (χ1v) is 4.30. The Hall–Kier alpha value is -1.97. The van der Waals surface area contributed by atoms with E-state index < -0.39 is 5.97 Å². The highest BCUT2D eigenvalue weighted by molar-refractivity contribution is 5.87. The number of phenols is 1. The van der Waals surface area contributed by atoms with E-state index in [1.54, 1.807) is 6.07 Å². The SMILES string of the molecule is COC(=O)C=Cc1cc(O)ccc1OC. The molecule has 4 nitrogen and oxygen atoms in total. The zero-order valence-corrected chi connectivity index (χ0v) is 8.56. The van der Waals surface area contributed by atoms with Crippen molar-refractivity contribution in [2.75, 3.05) is 14.2 Å². The van der Waals surface area contributed by atoms with Crippen molar-refractivity contribution in [3.63, 3.8) is 0 Å². The second-order valence-corrected chi connectivity index (χ2v) is 2.78. The van der Waals surface area contributed by atoms with Gasteiger partial charge >= 0.3 is 5.97 Å². The van der Waals surface area contributed by atoms with E-state index in [9.17, 15) is 9.90 Å². The molecule has 0 radical (unpaired) electrons. The lowest BCUT2D eigenvalue weighted by atomic mass is 10.2. The van der Waals surface area contributed by atoms with E-state index in [0.29, 0.717) is 11.3 Å². The second kappa shape index (κ2) is 5.05. The zero-order chi connectivity index (χ0) is 11.3. The monoisotopic (exact) mass is 208 g/mol. The fraction of sp³-hybridized carbons (Fsp3) is 0.182. The van der Waals surface area contributed by atoms with Gasteiger partial charge in [-0.15, -0.1) is 0 Å². The summed E-state index contributed by atoms with van der Waals surface area (Å²) in [5, 5.41) is 9.25. The molecule has 1 aromatic rings. The minimum atomic E-state index is -0.458. The molecule has 0 fully saturated rings. The van der Waals surface area contributed by atoms with E-state index in [1.165, 1.54) is 38.5 Å². The fourth-order valence-corrected chi connectivity index (χ4v) is 1.08. The lowest BCUT2D eigenvalue weighted by Crippen LogP contribution is -1.94. The van der Waals surface area contributed by atoms with Gasteiger partial charge in [-0.05, 0) is 24.3 Å². The number of esters is 1. The van der Waals surface area contributed by atoms with Crippen LogP contribution in [-0.4, -0.2) is 25.3 Å². The quantitative estimate of drug-likeness (QED) is 0.605. The molecule has 4 heteroatoms. The third-order valence-corrected chi connectivity index (χ3v) is 1.81. The van der Waals surface area contributed by atoms with Gasteiger partial charge in [-0.25, -0.2) is 4.79 Å². The average Bonchev–Trinajstić information content (AvgIpc) is 2.26. The van der Waals surface area contributed by atoms with E-state index >= 15 is 0 Å². The fourth-order valence-electron chi connectivity index (χ4n) is 1.08. The van der Waals surface area contributed by atoms with Gasteiger partial charge in [-0.2, -0.15) is 0 Å². The van der Waals surface area contributed by atoms with Gasteiger partial charge in [0.05, 0.1) is 14.2 Å². The van der Waals surface area contributed by atoms with Crippen LogP contribution in [0.3, 0.4) is 0 Å². The Kier molecular flexibility index (Phi) is 3.74. The number of phenolic OH excluding ortho intramolecular Hbond substituents is 1. The maximum atomic E-state index is 10.9. The molecule has 80 valence electrons. The van der Waals surface area contributed by atoms with Crippen LogP contribution in [0.5, 0.6) is 11.5 Å². The predicted octanol–water partition coefficient (Wildman–Crippen LogP) is 1.59. The standard InChI is InChI=1S/C11H12O4/c1-14-10-5-4-9(12)7-8(10)3-6-11(13)15-2/h3-7,12H,1-2H3. The van der Waals surface area contributed by atoms with E-state index in [2.05, 4.69) is 4.74 Å². The van der Waals surface area contributed by atoms with Crippen molar-refractivity contribution < 1.29 is 19.4 Å². The predicted molar refractivity (Wildman–Crippen MR) is 55.7 cm³/mol. The number of hydrogen-bond acceptors (Lipinski definition) is 4. The van der Waals surface area contributed by atoms with Crippen LogP contribution in [0.2, 0.25) is 0 Å². The summed E-state index contributed by atoms with van der Waals surface area (Å²) < 4.78 is 9.50. The minimum absolute atomic E-state index is 0.111. The third kappa shape index (κ3) is 3.02. The van der Waals surface area contributed by atoms with Gasteiger partial charge in [0.1, 0.15) is 11.5 Å². The highest BCUT2D eigenvalue weighted by Crippen LogP contribution is 2.24. The first-order chi connectivity index (χ1) is 7.17. The van der Waals surface area contributed by atoms with Gasteiger partial charge in [0.2, 0.25) is 0 Å². The Bertz CT molecular complexity index is 382. The number of rotatable bonds is 3. The van der Waals surface area contributed by atoms with E-state index in [0.717, 1.165) is 0 Å². The second-order valence-electron chi connectivity index (χ2n) is 2.78. The third-order valence-electron chi connectivity index (χ3n) is 1.81. The molecule has 0 aromatic heterocycles. The van der Waals surface area contributed by atoms with Crippen molar-refractivity contribution in [1.29, 1.82) is 0 Å². The van der Waals surface area contributed by atoms with Gasteiger partial charge in [0.15, 0.2) is 0 Å². The molecule has 15 heavy (non-hydrogen) atoms. The molecule has 0 bridgehead atoms. The summed E-state index contributed by atoms with van der Waals surface area (Å²) in [4.78, 5) is 10.9. The van der Waals surface area contributed by atoms with E-state index in [4.69, 9.17) is 4.74 Å². The van der Waals surface area contributed by atoms with E-state index in [1.807, 2.05) is 0 Å². The van der Waals surface area contributed by atoms with Crippen LogP contribution < -0.4 is 4.74 Å². The molecule has 0 aliphatic carbocycles. The topological polar surface area (TPSA) is 55.8 Å². The lowest BCUT2D eigenvalue weighted by Gasteiger charge is -2.04. The first kappa shape index (κ1) is 11.1. The molecule has 0 unspecified atom stereocenters. The van der Waals surface area contributed by atoms with E-state index in [-0.39, 0.29) is 5.75 Å². The molecule has 1 rings (SSSR count). The zero-order valence-electron chi connectivity index (χ0n) is 8.56. The summed E-state index contributed by atoms with van der Waals surface area (Å²) in [6.45, 7) is 0. The van der Waals surface area contributed by atoms with Crippen LogP contribution in [-0.2, 0) is 9.53 Å². The summed E-state index contributed by atoms with van der Waals surface area (Å²) in [6, 6.07) is 4.62. The number of ether oxygens (including phenoxy) is 2. The molecule has 1 aromatic carbocycles. The Morgan fingerprint density at radius 2 is 2.13 bits per heavy atom. The van der Waals surface area contributed by atoms with Crippen molar-refractivity contribution in [3.8, 4) is 11.5 Å². The number of methoxy groups -OCH3 is 2. The average molecular weight is 208 g/mol. The Labute approximate surface area is 87.7 Å². The lowest BCUT2D eigenvalue weighted by molar-refractivity contribution is -0.134. The molecule has 0 heterocycles. The van der Waals surface area contributed by atoms with Gasteiger partial charge in [0.25, 0.3) is 0 Å². The molecule has 0 saturated heterocycles. The molecule has 0 aliphatic heterocycles. The van der Waals surface area contributed by atoms with Crippen LogP contribution in [0.25, 0.3) is 6.08 Å². The summed E-state index contributed by atoms with van der Waals surface area (Å²) >= 11 is 0. The first-order valence-electron chi connectivity index (χ1n) is 4.30. The van der Waals surface area contributed by atoms with Crippen LogP contribution in [0, 0.1) is 0 Å². The van der Waals surface area contributed by atoms with Gasteiger partial charge in [-0.3, -0.25) is 0 Å². The molecule has 0 aliphatic rings. The molecule has 0 spiro atoms. The Morgan fingerprint density at radius 3 is 2.73 bits per heavy atom. The number of hydrogen-bond donors (Lipinski definition) is 1. The maximum Gasteiger partial charge on any atom is 0.330 e. The number of aromatic hydroxyl groups is 1. The Morgan fingerprint density at radius 1 is 1.40 bits per heavy atom. The van der Waals surface area contributed by atoms with Crippen molar-refractivity contribution in [3.05, 3.63) is 29.8 Å². The summed E-state index contributed by atoms with van der Waals surface area (Å²) in [5.74, 6) is 0.230. The van der Waals surface area contributed by atoms with Gasteiger partial charge in [-0.1, -0.05) is 0 Å². The molecular weight excluding hydrogens is 196 g/mol. The van der Waals surface area contributed by atoms with Crippen LogP contribution >= 0.6 is 0 Å². The number of carbonyl (C=O) groups is 1.